The molecule has 22 heavy (non-hydrogen) atoms. The number of benzene rings is 1. The van der Waals surface area contributed by atoms with E-state index in [2.05, 4.69) is 10.2 Å². The lowest BCUT2D eigenvalue weighted by Gasteiger charge is -2.38. The molecule has 2 N–H and O–H groups in total. The Balaban J connectivity index is 1.90. The first-order valence-corrected chi connectivity index (χ1v) is 7.72. The first-order chi connectivity index (χ1) is 10.5. The van der Waals surface area contributed by atoms with Crippen LogP contribution in [-0.4, -0.2) is 59.8 Å². The number of nitrogens with one attached hydrogen (secondary N) is 1. The van der Waals surface area contributed by atoms with E-state index in [1.165, 1.54) is 6.07 Å². The number of carbonyl (C=O) groups is 1. The van der Waals surface area contributed by atoms with Crippen LogP contribution in [0.4, 0.5) is 14.9 Å². The molecule has 1 saturated heterocycles. The van der Waals surface area contributed by atoms with Crippen LogP contribution in [0.15, 0.2) is 18.2 Å². The van der Waals surface area contributed by atoms with Crippen molar-refractivity contribution in [3.8, 4) is 0 Å². The van der Waals surface area contributed by atoms with E-state index < -0.39 is 5.82 Å². The second-order valence-corrected chi connectivity index (χ2v) is 5.68. The zero-order valence-corrected chi connectivity index (χ0v) is 13.2. The zero-order chi connectivity index (χ0) is 16.1. The van der Waals surface area contributed by atoms with Gasteiger partial charge in [-0.1, -0.05) is 13.0 Å². The SMILES string of the molecule is CCC(CO)N1CCN(C(=O)Nc2ccc(C)cc2F)CC1. The molecule has 1 aromatic rings. The minimum Gasteiger partial charge on any atom is -0.395 e. The van der Waals surface area contributed by atoms with Crippen LogP contribution < -0.4 is 5.32 Å². The molecule has 0 aliphatic carbocycles. The highest BCUT2D eigenvalue weighted by Crippen LogP contribution is 2.16. The fourth-order valence-corrected chi connectivity index (χ4v) is 2.71. The lowest BCUT2D eigenvalue weighted by molar-refractivity contribution is 0.0765. The quantitative estimate of drug-likeness (QED) is 0.895. The summed E-state index contributed by atoms with van der Waals surface area (Å²) in [6.45, 7) is 6.59. The summed E-state index contributed by atoms with van der Waals surface area (Å²) in [6.07, 6.45) is 0.886. The van der Waals surface area contributed by atoms with Crippen LogP contribution in [-0.2, 0) is 0 Å². The standard InChI is InChI=1S/C16H24FN3O2/c1-3-13(11-21)19-6-8-20(9-7-19)16(22)18-15-5-4-12(2)10-14(15)17/h4-5,10,13,21H,3,6-9,11H2,1-2H3,(H,18,22). The molecule has 0 bridgehead atoms. The van der Waals surface area contributed by atoms with E-state index in [4.69, 9.17) is 0 Å². The Morgan fingerprint density at radius 1 is 1.36 bits per heavy atom. The van der Waals surface area contributed by atoms with Crippen molar-refractivity contribution in [1.29, 1.82) is 0 Å². The van der Waals surface area contributed by atoms with Gasteiger partial charge in [-0.15, -0.1) is 0 Å². The van der Waals surface area contributed by atoms with Crippen molar-refractivity contribution in [2.45, 2.75) is 26.3 Å². The number of hydrogen-bond donors (Lipinski definition) is 2. The third-order valence-corrected chi connectivity index (χ3v) is 4.17. The van der Waals surface area contributed by atoms with Gasteiger partial charge in [-0.05, 0) is 31.0 Å². The second kappa shape index (κ2) is 7.56. The number of aliphatic hydroxyl groups is 1. The number of hydrogen-bond acceptors (Lipinski definition) is 3. The number of halogens is 1. The first kappa shape index (κ1) is 16.7. The van der Waals surface area contributed by atoms with Crippen LogP contribution in [0.2, 0.25) is 0 Å². The Morgan fingerprint density at radius 3 is 2.59 bits per heavy atom. The van der Waals surface area contributed by atoms with Crippen LogP contribution in [0, 0.1) is 12.7 Å². The van der Waals surface area contributed by atoms with Crippen LogP contribution in [0.5, 0.6) is 0 Å². The molecule has 1 aliphatic rings. The Labute approximate surface area is 130 Å². The average Bonchev–Trinajstić information content (AvgIpc) is 2.52. The van der Waals surface area contributed by atoms with Crippen molar-refractivity contribution in [2.75, 3.05) is 38.1 Å². The number of carbonyl (C=O) groups excluding carboxylic acids is 1. The lowest BCUT2D eigenvalue weighted by Crippen LogP contribution is -2.53. The molecule has 5 nitrogen and oxygen atoms in total. The molecule has 1 aliphatic heterocycles. The maximum atomic E-state index is 13.8. The largest absolute Gasteiger partial charge is 0.395 e. The van der Waals surface area contributed by atoms with Gasteiger partial charge in [0.2, 0.25) is 0 Å². The summed E-state index contributed by atoms with van der Waals surface area (Å²) >= 11 is 0. The molecule has 122 valence electrons. The lowest BCUT2D eigenvalue weighted by atomic mass is 10.1. The van der Waals surface area contributed by atoms with Gasteiger partial charge in [-0.3, -0.25) is 4.90 Å². The van der Waals surface area contributed by atoms with Crippen LogP contribution in [0.25, 0.3) is 0 Å². The summed E-state index contributed by atoms with van der Waals surface area (Å²) in [5.41, 5.74) is 1.03. The summed E-state index contributed by atoms with van der Waals surface area (Å²) in [7, 11) is 0. The number of aryl methyl sites for hydroxylation is 1. The summed E-state index contributed by atoms with van der Waals surface area (Å²) in [5.74, 6) is -0.418. The van der Waals surface area contributed by atoms with Crippen LogP contribution in [0.1, 0.15) is 18.9 Å². The summed E-state index contributed by atoms with van der Waals surface area (Å²) in [5, 5.41) is 11.9. The molecule has 1 heterocycles. The molecule has 6 heteroatoms. The van der Waals surface area contributed by atoms with E-state index >= 15 is 0 Å². The number of anilines is 1. The summed E-state index contributed by atoms with van der Waals surface area (Å²) in [4.78, 5) is 16.1. The van der Waals surface area contributed by atoms with Crippen LogP contribution in [0.3, 0.4) is 0 Å². The third kappa shape index (κ3) is 3.96. The Hall–Kier alpha value is -1.66. The van der Waals surface area contributed by atoms with Gasteiger partial charge in [0.25, 0.3) is 0 Å². The van der Waals surface area contributed by atoms with Gasteiger partial charge < -0.3 is 15.3 Å². The van der Waals surface area contributed by atoms with E-state index in [1.807, 2.05) is 6.92 Å². The molecule has 0 aromatic heterocycles. The molecule has 2 rings (SSSR count). The second-order valence-electron chi connectivity index (χ2n) is 5.68. The van der Waals surface area contributed by atoms with Crippen molar-refractivity contribution in [3.63, 3.8) is 0 Å². The predicted octanol–water partition coefficient (Wildman–Crippen LogP) is 2.05. The topological polar surface area (TPSA) is 55.8 Å². The van der Waals surface area contributed by atoms with Gasteiger partial charge in [-0.2, -0.15) is 0 Å². The monoisotopic (exact) mass is 309 g/mol. The predicted molar refractivity (Wildman–Crippen MR) is 84.5 cm³/mol. The summed E-state index contributed by atoms with van der Waals surface area (Å²) in [6, 6.07) is 4.63. The van der Waals surface area contributed by atoms with E-state index in [1.54, 1.807) is 24.0 Å². The number of urea groups is 1. The van der Waals surface area contributed by atoms with Gasteiger partial charge in [0, 0.05) is 32.2 Å². The molecule has 1 unspecified atom stereocenters. The Kier molecular flexibility index (Phi) is 5.74. The van der Waals surface area contributed by atoms with E-state index in [-0.39, 0.29) is 24.4 Å². The molecule has 0 saturated carbocycles. The van der Waals surface area contributed by atoms with E-state index in [0.29, 0.717) is 13.1 Å². The average molecular weight is 309 g/mol. The number of aliphatic hydroxyl groups excluding tert-OH is 1. The molecular formula is C16H24FN3O2. The normalized spacial score (nSPS) is 17.4. The van der Waals surface area contributed by atoms with Gasteiger partial charge in [0.15, 0.2) is 0 Å². The maximum Gasteiger partial charge on any atom is 0.322 e. The highest BCUT2D eigenvalue weighted by molar-refractivity contribution is 5.89. The minimum absolute atomic E-state index is 0.136. The van der Waals surface area contributed by atoms with Gasteiger partial charge in [-0.25, -0.2) is 9.18 Å². The molecule has 2 amide bonds. The van der Waals surface area contributed by atoms with Crippen molar-refractivity contribution in [1.82, 2.24) is 9.80 Å². The minimum atomic E-state index is -0.418. The van der Waals surface area contributed by atoms with Crippen molar-refractivity contribution >= 4 is 11.7 Å². The van der Waals surface area contributed by atoms with E-state index in [9.17, 15) is 14.3 Å². The maximum absolute atomic E-state index is 13.8. The van der Waals surface area contributed by atoms with Crippen molar-refractivity contribution < 1.29 is 14.3 Å². The zero-order valence-electron chi connectivity index (χ0n) is 13.2. The fraction of sp³-hybridized carbons (Fsp3) is 0.562. The first-order valence-electron chi connectivity index (χ1n) is 7.72. The molecule has 1 fully saturated rings. The van der Waals surface area contributed by atoms with Gasteiger partial charge >= 0.3 is 6.03 Å². The third-order valence-electron chi connectivity index (χ3n) is 4.17. The van der Waals surface area contributed by atoms with Crippen molar-refractivity contribution in [3.05, 3.63) is 29.6 Å². The fourth-order valence-electron chi connectivity index (χ4n) is 2.71. The highest BCUT2D eigenvalue weighted by atomic mass is 19.1. The number of amides is 2. The van der Waals surface area contributed by atoms with Crippen LogP contribution >= 0.6 is 0 Å². The summed E-state index contributed by atoms with van der Waals surface area (Å²) < 4.78 is 13.8. The van der Waals surface area contributed by atoms with Gasteiger partial charge in [0.05, 0.1) is 12.3 Å². The Bertz CT molecular complexity index is 512. The molecule has 0 spiro atoms. The molecule has 1 aromatic carbocycles. The van der Waals surface area contributed by atoms with Crippen molar-refractivity contribution in [2.24, 2.45) is 0 Å². The van der Waals surface area contributed by atoms with E-state index in [0.717, 1.165) is 25.1 Å². The highest BCUT2D eigenvalue weighted by Gasteiger charge is 2.25. The number of rotatable bonds is 4. The Morgan fingerprint density at radius 2 is 2.05 bits per heavy atom. The number of nitrogens with zero attached hydrogens (tertiary/aromatic N) is 2. The molecular weight excluding hydrogens is 285 g/mol. The molecule has 1 atom stereocenters. The van der Waals surface area contributed by atoms with Gasteiger partial charge in [0.1, 0.15) is 5.82 Å². The molecule has 0 radical (unpaired) electrons. The number of piperazine rings is 1. The smallest absolute Gasteiger partial charge is 0.322 e.